The van der Waals surface area contributed by atoms with E-state index in [1.165, 1.54) is 0 Å². The molecule has 2 fully saturated rings. The van der Waals surface area contributed by atoms with Crippen molar-refractivity contribution in [1.82, 2.24) is 19.9 Å². The van der Waals surface area contributed by atoms with Crippen molar-refractivity contribution in [2.45, 2.75) is 31.4 Å². The van der Waals surface area contributed by atoms with Crippen molar-refractivity contribution < 1.29 is 4.74 Å². The predicted molar refractivity (Wildman–Crippen MR) is 86.3 cm³/mol. The van der Waals surface area contributed by atoms with Crippen LogP contribution in [0.15, 0.2) is 31.0 Å². The molecule has 2 saturated heterocycles. The highest BCUT2D eigenvalue weighted by Crippen LogP contribution is 2.36. The number of anilines is 2. The minimum atomic E-state index is -0.103. The van der Waals surface area contributed by atoms with E-state index < -0.39 is 0 Å². The molecular formula is C16H20N6O. The first kappa shape index (κ1) is 14.3. The van der Waals surface area contributed by atoms with Gasteiger partial charge in [-0.1, -0.05) is 0 Å². The standard InChI is InChI=1S/C16H20N6O/c1-12-7-19-15(20-8-12)22-5-2-16(11-22)6-13(10-23-16)21-14-9-17-3-4-18-14/h3-4,7-9,13H,2,5-6,10-11H2,1H3,(H,18,21)/t13-,16+/m1/s1. The highest BCUT2D eigenvalue weighted by atomic mass is 16.5. The lowest BCUT2D eigenvalue weighted by Crippen LogP contribution is -2.34. The lowest BCUT2D eigenvalue weighted by Gasteiger charge is -2.23. The van der Waals surface area contributed by atoms with Gasteiger partial charge in [-0.3, -0.25) is 4.98 Å². The van der Waals surface area contributed by atoms with Gasteiger partial charge < -0.3 is 15.0 Å². The fraction of sp³-hybridized carbons (Fsp3) is 0.500. The molecule has 2 aromatic heterocycles. The normalized spacial score (nSPS) is 26.8. The maximum absolute atomic E-state index is 6.15. The third-order valence-corrected chi connectivity index (χ3v) is 4.49. The van der Waals surface area contributed by atoms with Gasteiger partial charge in [0.15, 0.2) is 0 Å². The summed E-state index contributed by atoms with van der Waals surface area (Å²) >= 11 is 0. The summed E-state index contributed by atoms with van der Waals surface area (Å²) in [6, 6.07) is 0.269. The summed E-state index contributed by atoms with van der Waals surface area (Å²) in [5.41, 5.74) is 0.974. The average molecular weight is 312 g/mol. The fourth-order valence-corrected chi connectivity index (χ4v) is 3.37. The number of nitrogens with zero attached hydrogens (tertiary/aromatic N) is 5. The molecule has 120 valence electrons. The second-order valence-electron chi connectivity index (χ2n) is 6.36. The van der Waals surface area contributed by atoms with Crippen molar-refractivity contribution in [3.63, 3.8) is 0 Å². The summed E-state index contributed by atoms with van der Waals surface area (Å²) in [6.45, 7) is 4.47. The lowest BCUT2D eigenvalue weighted by atomic mass is 9.97. The molecule has 7 nitrogen and oxygen atoms in total. The summed E-state index contributed by atoms with van der Waals surface area (Å²) < 4.78 is 6.15. The SMILES string of the molecule is Cc1cnc(N2CC[C@]3(C[C@@H](Nc4cnccn4)CO3)C2)nc1. The average Bonchev–Trinajstić information content (AvgIpc) is 3.16. The van der Waals surface area contributed by atoms with Crippen molar-refractivity contribution in [3.05, 3.63) is 36.5 Å². The van der Waals surface area contributed by atoms with Crippen LogP contribution in [-0.2, 0) is 4.74 Å². The Bertz CT molecular complexity index is 664. The Kier molecular flexibility index (Phi) is 3.57. The van der Waals surface area contributed by atoms with Crippen molar-refractivity contribution in [2.24, 2.45) is 0 Å². The Labute approximate surface area is 135 Å². The molecule has 0 aromatic carbocycles. The Morgan fingerprint density at radius 3 is 2.87 bits per heavy atom. The Morgan fingerprint density at radius 1 is 1.22 bits per heavy atom. The van der Waals surface area contributed by atoms with Crippen LogP contribution in [0, 0.1) is 6.92 Å². The number of aromatic nitrogens is 4. The molecule has 1 spiro atoms. The van der Waals surface area contributed by atoms with Gasteiger partial charge in [-0.15, -0.1) is 0 Å². The topological polar surface area (TPSA) is 76.1 Å². The van der Waals surface area contributed by atoms with Crippen LogP contribution in [-0.4, -0.2) is 51.3 Å². The molecule has 23 heavy (non-hydrogen) atoms. The van der Waals surface area contributed by atoms with Crippen molar-refractivity contribution in [2.75, 3.05) is 29.9 Å². The number of hydrogen-bond donors (Lipinski definition) is 1. The van der Waals surface area contributed by atoms with E-state index in [-0.39, 0.29) is 11.6 Å². The van der Waals surface area contributed by atoms with Gasteiger partial charge in [0.2, 0.25) is 5.95 Å². The molecule has 0 saturated carbocycles. The van der Waals surface area contributed by atoms with Crippen molar-refractivity contribution in [3.8, 4) is 0 Å². The molecule has 2 aliphatic heterocycles. The molecule has 4 rings (SSSR count). The molecule has 0 unspecified atom stereocenters. The van der Waals surface area contributed by atoms with Crippen LogP contribution >= 0.6 is 0 Å². The molecule has 2 aliphatic rings. The van der Waals surface area contributed by atoms with E-state index in [9.17, 15) is 0 Å². The zero-order valence-corrected chi connectivity index (χ0v) is 13.1. The van der Waals surface area contributed by atoms with E-state index in [4.69, 9.17) is 4.74 Å². The molecule has 2 atom stereocenters. The predicted octanol–water partition coefficient (Wildman–Crippen LogP) is 1.42. The summed E-state index contributed by atoms with van der Waals surface area (Å²) in [6.07, 6.45) is 10.8. The van der Waals surface area contributed by atoms with E-state index in [1.807, 2.05) is 19.3 Å². The van der Waals surface area contributed by atoms with Gasteiger partial charge in [0, 0.05) is 37.8 Å². The van der Waals surface area contributed by atoms with Crippen LogP contribution in [0.4, 0.5) is 11.8 Å². The first-order valence-corrected chi connectivity index (χ1v) is 7.93. The highest BCUT2D eigenvalue weighted by Gasteiger charge is 2.46. The summed E-state index contributed by atoms with van der Waals surface area (Å²) in [5.74, 6) is 1.59. The summed E-state index contributed by atoms with van der Waals surface area (Å²) in [7, 11) is 0. The molecule has 4 heterocycles. The maximum Gasteiger partial charge on any atom is 0.225 e. The van der Waals surface area contributed by atoms with Crippen LogP contribution in [0.5, 0.6) is 0 Å². The Morgan fingerprint density at radius 2 is 2.09 bits per heavy atom. The lowest BCUT2D eigenvalue weighted by molar-refractivity contribution is 0.0228. The zero-order valence-electron chi connectivity index (χ0n) is 13.1. The minimum Gasteiger partial charge on any atom is -0.371 e. The first-order chi connectivity index (χ1) is 11.2. The van der Waals surface area contributed by atoms with Gasteiger partial charge >= 0.3 is 0 Å². The number of hydrogen-bond acceptors (Lipinski definition) is 7. The van der Waals surface area contributed by atoms with Crippen LogP contribution < -0.4 is 10.2 Å². The van der Waals surface area contributed by atoms with Gasteiger partial charge in [0.25, 0.3) is 0 Å². The van der Waals surface area contributed by atoms with Gasteiger partial charge in [0.05, 0.1) is 31.0 Å². The van der Waals surface area contributed by atoms with Gasteiger partial charge in [-0.05, 0) is 18.9 Å². The molecule has 0 bridgehead atoms. The molecule has 0 aliphatic carbocycles. The molecular weight excluding hydrogens is 292 g/mol. The van der Waals surface area contributed by atoms with Gasteiger partial charge in [0.1, 0.15) is 5.82 Å². The smallest absolute Gasteiger partial charge is 0.225 e. The van der Waals surface area contributed by atoms with Gasteiger partial charge in [-0.2, -0.15) is 0 Å². The molecule has 2 aromatic rings. The molecule has 1 N–H and O–H groups in total. The van der Waals surface area contributed by atoms with Crippen LogP contribution in [0.1, 0.15) is 18.4 Å². The van der Waals surface area contributed by atoms with Crippen LogP contribution in [0.3, 0.4) is 0 Å². The van der Waals surface area contributed by atoms with Gasteiger partial charge in [-0.25, -0.2) is 15.0 Å². The number of nitrogens with one attached hydrogen (secondary N) is 1. The van der Waals surface area contributed by atoms with E-state index in [0.29, 0.717) is 6.61 Å². The van der Waals surface area contributed by atoms with E-state index in [1.54, 1.807) is 18.6 Å². The van der Waals surface area contributed by atoms with Crippen molar-refractivity contribution >= 4 is 11.8 Å². The van der Waals surface area contributed by atoms with Crippen LogP contribution in [0.2, 0.25) is 0 Å². The quantitative estimate of drug-likeness (QED) is 0.918. The first-order valence-electron chi connectivity index (χ1n) is 7.93. The number of aryl methyl sites for hydroxylation is 1. The minimum absolute atomic E-state index is 0.103. The summed E-state index contributed by atoms with van der Waals surface area (Å²) in [5, 5.41) is 3.41. The number of rotatable bonds is 3. The number of ether oxygens (including phenoxy) is 1. The Balaban J connectivity index is 1.40. The molecule has 7 heteroatoms. The van der Waals surface area contributed by atoms with E-state index in [0.717, 1.165) is 43.3 Å². The fourth-order valence-electron chi connectivity index (χ4n) is 3.37. The van der Waals surface area contributed by atoms with Crippen molar-refractivity contribution in [1.29, 1.82) is 0 Å². The summed E-state index contributed by atoms with van der Waals surface area (Å²) in [4.78, 5) is 19.4. The second-order valence-corrected chi connectivity index (χ2v) is 6.36. The maximum atomic E-state index is 6.15. The molecule has 0 radical (unpaired) electrons. The highest BCUT2D eigenvalue weighted by molar-refractivity contribution is 5.36. The van der Waals surface area contributed by atoms with E-state index in [2.05, 4.69) is 30.2 Å². The third kappa shape index (κ3) is 2.96. The largest absolute Gasteiger partial charge is 0.371 e. The van der Waals surface area contributed by atoms with Crippen LogP contribution in [0.25, 0.3) is 0 Å². The second kappa shape index (κ2) is 5.73. The molecule has 0 amide bonds. The van der Waals surface area contributed by atoms with E-state index >= 15 is 0 Å². The Hall–Kier alpha value is -2.28. The third-order valence-electron chi connectivity index (χ3n) is 4.49. The monoisotopic (exact) mass is 312 g/mol. The zero-order chi connectivity index (χ0) is 15.7.